The predicted molar refractivity (Wildman–Crippen MR) is 194 cm³/mol. The molecule has 2 saturated heterocycles. The van der Waals surface area contributed by atoms with E-state index >= 15 is 4.39 Å². The van der Waals surface area contributed by atoms with Crippen LogP contribution in [0.5, 0.6) is 11.5 Å². The molecule has 1 aliphatic carbocycles. The van der Waals surface area contributed by atoms with Crippen LogP contribution in [0.2, 0.25) is 0 Å². The molecule has 4 heterocycles. The number of halogens is 2. The Labute approximate surface area is 304 Å². The van der Waals surface area contributed by atoms with Gasteiger partial charge in [-0.25, -0.2) is 18.6 Å². The van der Waals surface area contributed by atoms with Crippen molar-refractivity contribution >= 4 is 45.4 Å². The minimum absolute atomic E-state index is 0.0528. The van der Waals surface area contributed by atoms with Crippen molar-refractivity contribution in [1.29, 1.82) is 5.26 Å². The first kappa shape index (κ1) is 34.4. The van der Waals surface area contributed by atoms with Crippen molar-refractivity contribution in [1.82, 2.24) is 30.0 Å². The number of benzene rings is 3. The molecule has 3 N–H and O–H groups in total. The number of hydrogen-bond donors (Lipinski definition) is 2. The summed E-state index contributed by atoms with van der Waals surface area (Å²) < 4.78 is 37.7. The number of ether oxygens (including phenoxy) is 1. The van der Waals surface area contributed by atoms with E-state index in [0.717, 1.165) is 69.2 Å². The minimum atomic E-state index is -0.672. The van der Waals surface area contributed by atoms with Crippen LogP contribution in [-0.2, 0) is 18.3 Å². The fourth-order valence-corrected chi connectivity index (χ4v) is 8.22. The number of anilines is 2. The number of imide groups is 1. The largest absolute Gasteiger partial charge is 0.453 e. The quantitative estimate of drug-likeness (QED) is 0.180. The van der Waals surface area contributed by atoms with Crippen LogP contribution in [0.1, 0.15) is 67.7 Å². The Balaban J connectivity index is 0.869. The van der Waals surface area contributed by atoms with Crippen LogP contribution in [0.25, 0.3) is 21.9 Å². The molecule has 53 heavy (non-hydrogen) atoms. The van der Waals surface area contributed by atoms with E-state index in [4.69, 9.17) is 15.5 Å². The number of amides is 3. The summed E-state index contributed by atoms with van der Waals surface area (Å²) in [6.07, 6.45) is 8.68. The van der Waals surface area contributed by atoms with E-state index in [-0.39, 0.29) is 47.6 Å². The average molecular weight is 720 g/mol. The lowest BCUT2D eigenvalue weighted by Gasteiger charge is -2.41. The van der Waals surface area contributed by atoms with Crippen LogP contribution in [0.3, 0.4) is 0 Å². The number of piperidine rings is 1. The van der Waals surface area contributed by atoms with Gasteiger partial charge >= 0.3 is 6.03 Å². The summed E-state index contributed by atoms with van der Waals surface area (Å²) in [4.78, 5) is 37.6. The number of carbonyl (C=O) groups excluding carboxylic acids is 2. The number of likely N-dealkylation sites (tertiary alicyclic amines) is 1. The molecule has 8 rings (SSSR count). The van der Waals surface area contributed by atoms with Crippen molar-refractivity contribution in [3.05, 3.63) is 77.1 Å². The van der Waals surface area contributed by atoms with E-state index in [0.29, 0.717) is 45.5 Å². The second kappa shape index (κ2) is 14.0. The molecule has 1 saturated carbocycles. The average Bonchev–Trinajstić information content (AvgIpc) is 3.47. The van der Waals surface area contributed by atoms with E-state index in [9.17, 15) is 19.2 Å². The Kier molecular flexibility index (Phi) is 9.11. The Bertz CT molecular complexity index is 2290. The maximum Gasteiger partial charge on any atom is 0.329 e. The lowest BCUT2D eigenvalue weighted by Crippen LogP contribution is -2.49. The first-order valence-corrected chi connectivity index (χ1v) is 18.1. The Hall–Kier alpha value is -5.68. The Morgan fingerprint density at radius 2 is 1.77 bits per heavy atom. The van der Waals surface area contributed by atoms with Gasteiger partial charge in [0.2, 0.25) is 5.91 Å². The third-order valence-corrected chi connectivity index (χ3v) is 11.1. The van der Waals surface area contributed by atoms with Gasteiger partial charge in [-0.1, -0.05) is 0 Å². The van der Waals surface area contributed by atoms with Gasteiger partial charge in [-0.05, 0) is 112 Å². The third-order valence-electron chi connectivity index (χ3n) is 11.1. The van der Waals surface area contributed by atoms with Gasteiger partial charge in [-0.3, -0.25) is 24.7 Å². The first-order chi connectivity index (χ1) is 25.6. The molecule has 3 aliphatic rings. The second-order valence-electron chi connectivity index (χ2n) is 14.3. The number of hydrogen-bond acceptors (Lipinski definition) is 9. The summed E-state index contributed by atoms with van der Waals surface area (Å²) >= 11 is 0. The van der Waals surface area contributed by atoms with Crippen molar-refractivity contribution in [2.24, 2.45) is 13.0 Å². The molecule has 3 fully saturated rings. The predicted octanol–water partition coefficient (Wildman–Crippen LogP) is 6.47. The molecule has 14 heteroatoms. The molecule has 272 valence electrons. The number of aromatic nitrogens is 4. The molecule has 5 aromatic rings. The minimum Gasteiger partial charge on any atom is -0.453 e. The van der Waals surface area contributed by atoms with Gasteiger partial charge in [0.05, 0.1) is 27.9 Å². The molecule has 12 nitrogen and oxygen atoms in total. The van der Waals surface area contributed by atoms with Crippen molar-refractivity contribution in [3.8, 4) is 17.6 Å². The van der Waals surface area contributed by atoms with Crippen molar-refractivity contribution in [2.75, 3.05) is 30.3 Å². The van der Waals surface area contributed by atoms with E-state index in [1.807, 2.05) is 18.3 Å². The summed E-state index contributed by atoms with van der Waals surface area (Å²) in [6.45, 7) is 2.21. The van der Waals surface area contributed by atoms with E-state index in [1.54, 1.807) is 29.9 Å². The second-order valence-corrected chi connectivity index (χ2v) is 14.3. The zero-order valence-electron chi connectivity index (χ0n) is 29.3. The van der Waals surface area contributed by atoms with Crippen molar-refractivity contribution in [3.63, 3.8) is 0 Å². The topological polar surface area (TPSA) is 155 Å². The van der Waals surface area contributed by atoms with E-state index in [2.05, 4.69) is 20.3 Å². The summed E-state index contributed by atoms with van der Waals surface area (Å²) in [5.74, 6) is -0.220. The zero-order valence-corrected chi connectivity index (χ0v) is 29.3. The lowest BCUT2D eigenvalue weighted by atomic mass is 9.80. The normalized spacial score (nSPS) is 20.2. The molecule has 0 radical (unpaired) electrons. The molecule has 2 aromatic heterocycles. The number of urea groups is 1. The molecular formula is C39H39F2N9O3. The lowest BCUT2D eigenvalue weighted by molar-refractivity contribution is -0.120. The maximum atomic E-state index is 15.7. The number of nitrogens with zero attached hydrogens (tertiary/aromatic N) is 7. The van der Waals surface area contributed by atoms with Gasteiger partial charge in [0, 0.05) is 43.7 Å². The smallest absolute Gasteiger partial charge is 0.329 e. The number of aryl methyl sites for hydroxylation is 1. The highest BCUT2D eigenvalue weighted by Crippen LogP contribution is 2.40. The van der Waals surface area contributed by atoms with Gasteiger partial charge < -0.3 is 15.4 Å². The molecular weight excluding hydrogens is 680 g/mol. The number of nitriles is 1. The highest BCUT2D eigenvalue weighted by Gasteiger charge is 2.33. The summed E-state index contributed by atoms with van der Waals surface area (Å²) in [6, 6.07) is 12.9. The van der Waals surface area contributed by atoms with Gasteiger partial charge in [-0.2, -0.15) is 10.4 Å². The molecule has 3 amide bonds. The van der Waals surface area contributed by atoms with Crippen molar-refractivity contribution < 1.29 is 23.1 Å². The number of carbonyl (C=O) groups is 2. The van der Waals surface area contributed by atoms with Crippen LogP contribution in [-0.4, -0.2) is 62.3 Å². The number of nitrogens with two attached hydrogens (primary N) is 1. The first-order valence-electron chi connectivity index (χ1n) is 18.1. The molecule has 0 unspecified atom stereocenters. The Morgan fingerprint density at radius 1 is 0.981 bits per heavy atom. The van der Waals surface area contributed by atoms with Crippen molar-refractivity contribution in [2.45, 2.75) is 63.3 Å². The maximum absolute atomic E-state index is 15.7. The number of fused-ring (bicyclic) bond motifs is 2. The molecule has 0 bridgehead atoms. The number of nitrogens with one attached hydrogen (secondary N) is 1. The van der Waals surface area contributed by atoms with Crippen LogP contribution in [0.15, 0.2) is 48.7 Å². The fraction of sp³-hybridized carbons (Fsp3) is 0.385. The Morgan fingerprint density at radius 3 is 2.53 bits per heavy atom. The summed E-state index contributed by atoms with van der Waals surface area (Å²) in [5, 5.41) is 16.9. The van der Waals surface area contributed by atoms with Crippen LogP contribution in [0.4, 0.5) is 25.1 Å². The zero-order chi connectivity index (χ0) is 36.8. The molecule has 0 spiro atoms. The third kappa shape index (κ3) is 6.72. The monoisotopic (exact) mass is 719 g/mol. The highest BCUT2D eigenvalue weighted by molar-refractivity contribution is 6.08. The molecule has 2 aliphatic heterocycles. The molecule has 3 aromatic carbocycles. The van der Waals surface area contributed by atoms with Gasteiger partial charge in [0.15, 0.2) is 17.4 Å². The molecule has 0 atom stereocenters. The fourth-order valence-electron chi connectivity index (χ4n) is 8.22. The van der Waals surface area contributed by atoms with Gasteiger partial charge in [0.25, 0.3) is 0 Å². The van der Waals surface area contributed by atoms with Crippen LogP contribution < -0.4 is 20.7 Å². The van der Waals surface area contributed by atoms with Crippen LogP contribution >= 0.6 is 0 Å². The van der Waals surface area contributed by atoms with Gasteiger partial charge in [0.1, 0.15) is 23.2 Å². The summed E-state index contributed by atoms with van der Waals surface area (Å²) in [7, 11) is 1.79. The summed E-state index contributed by atoms with van der Waals surface area (Å²) in [5.41, 5.74) is 9.60. The van der Waals surface area contributed by atoms with Gasteiger partial charge in [-0.15, -0.1) is 0 Å². The number of rotatable bonds is 7. The van der Waals surface area contributed by atoms with E-state index in [1.165, 1.54) is 23.1 Å². The van der Waals surface area contributed by atoms with Crippen LogP contribution in [0, 0.1) is 28.9 Å². The van der Waals surface area contributed by atoms with E-state index < -0.39 is 11.8 Å². The standard InChI is InChI=1S/C39H39F2N9O3/c1-48-35-19-27(31(41)18-28(35)38(47-48)50-15-12-36(51)46-39(50)52)23-2-4-25(5-3-23)49-13-10-22(11-14-49)16-24-21-44-33-9-6-26(17-34(33)45-24)53-37-29(20-42)32(43)8-7-30(37)40/h6-9,17-19,21-23,25H,2-5,10-16,43H2,1H3,(H,46,51,52). The number of nitrogen functional groups attached to an aromatic ring is 1. The highest BCUT2D eigenvalue weighted by atomic mass is 19.1. The SMILES string of the molecule is Cn1nc(N2CCC(=O)NC2=O)c2cc(F)c(C3CCC(N4CCC(Cc5cnc6ccc(Oc7c(F)ccc(N)c7C#N)cc6n5)CC4)CC3)cc21.